The van der Waals surface area contributed by atoms with Crippen LogP contribution in [0.3, 0.4) is 0 Å². The summed E-state index contributed by atoms with van der Waals surface area (Å²) in [5, 5.41) is 3.40. The van der Waals surface area contributed by atoms with Crippen LogP contribution < -0.4 is 21.9 Å². The van der Waals surface area contributed by atoms with Crippen LogP contribution in [-0.4, -0.2) is 27.5 Å². The average Bonchev–Trinajstić information content (AvgIpc) is 3.01. The number of carbonyl (C=O) groups excluding carboxylic acids is 2. The van der Waals surface area contributed by atoms with Gasteiger partial charge in [-0.25, -0.2) is 9.36 Å². The Bertz CT molecular complexity index is 1420. The van der Waals surface area contributed by atoms with Gasteiger partial charge in [0.25, 0.3) is 22.9 Å². The fourth-order valence-corrected chi connectivity index (χ4v) is 4.01. The van der Waals surface area contributed by atoms with Crippen LogP contribution >= 0.6 is 23.2 Å². The van der Waals surface area contributed by atoms with Crippen molar-refractivity contribution in [3.63, 3.8) is 0 Å². The maximum atomic E-state index is 14.4. The van der Waals surface area contributed by atoms with Crippen molar-refractivity contribution < 1.29 is 22.8 Å². The molecule has 0 radical (unpaired) electrons. The lowest BCUT2D eigenvalue weighted by Gasteiger charge is -2.30. The molecule has 4 rings (SSSR count). The molecule has 2 amide bonds. The summed E-state index contributed by atoms with van der Waals surface area (Å²) in [7, 11) is 0. The molecule has 1 atom stereocenters. The highest BCUT2D eigenvalue weighted by Crippen LogP contribution is 2.45. The molecular weight excluding hydrogens is 488 g/mol. The Hall–Kier alpha value is -3.57. The molecule has 3 aromatic rings. The molecule has 170 valence electrons. The number of aromatic nitrogens is 2. The molecule has 0 saturated carbocycles. The zero-order valence-electron chi connectivity index (χ0n) is 16.1. The fourth-order valence-electron chi connectivity index (χ4n) is 3.51. The molecule has 8 nitrogen and oxygen atoms in total. The highest BCUT2D eigenvalue weighted by Gasteiger charge is 2.68. The number of amides is 2. The molecule has 1 aliphatic heterocycles. The molecule has 3 N–H and O–H groups in total. The molecule has 1 aliphatic rings. The van der Waals surface area contributed by atoms with Crippen LogP contribution in [0, 0.1) is 0 Å². The van der Waals surface area contributed by atoms with Crippen molar-refractivity contribution in [1.82, 2.24) is 14.9 Å². The molecule has 2 aromatic carbocycles. The summed E-state index contributed by atoms with van der Waals surface area (Å²) in [6.45, 7) is 0. The Labute approximate surface area is 191 Å². The van der Waals surface area contributed by atoms with Crippen LogP contribution in [-0.2, 0) is 10.3 Å². The largest absolute Gasteiger partial charge is 0.425 e. The van der Waals surface area contributed by atoms with Gasteiger partial charge in [0.05, 0.1) is 16.3 Å². The number of alkyl halides is 3. The fraction of sp³-hybridized carbons (Fsp3) is 0.100. The van der Waals surface area contributed by atoms with Gasteiger partial charge in [-0.15, -0.1) is 0 Å². The molecule has 0 saturated heterocycles. The molecule has 13 heteroatoms. The summed E-state index contributed by atoms with van der Waals surface area (Å²) < 4.78 is 44.0. The first-order valence-electron chi connectivity index (χ1n) is 9.08. The van der Waals surface area contributed by atoms with Crippen LogP contribution in [0.1, 0.15) is 15.9 Å². The Kier molecular flexibility index (Phi) is 5.33. The van der Waals surface area contributed by atoms with E-state index in [4.69, 9.17) is 23.2 Å². The van der Waals surface area contributed by atoms with E-state index in [-0.39, 0.29) is 15.7 Å². The number of carbonyl (C=O) groups is 2. The van der Waals surface area contributed by atoms with E-state index in [9.17, 15) is 32.3 Å². The van der Waals surface area contributed by atoms with E-state index in [0.29, 0.717) is 4.57 Å². The summed E-state index contributed by atoms with van der Waals surface area (Å²) in [5.41, 5.74) is -7.93. The third kappa shape index (κ3) is 3.49. The summed E-state index contributed by atoms with van der Waals surface area (Å²) in [5.74, 6) is -3.89. The maximum Gasteiger partial charge on any atom is 0.425 e. The number of halogens is 5. The predicted octanol–water partition coefficient (Wildman–Crippen LogP) is 2.97. The number of anilines is 1. The minimum atomic E-state index is -5.48. The zero-order chi connectivity index (χ0) is 24.1. The highest BCUT2D eigenvalue weighted by atomic mass is 35.5. The Morgan fingerprint density at radius 3 is 2.30 bits per heavy atom. The van der Waals surface area contributed by atoms with Gasteiger partial charge in [0.2, 0.25) is 0 Å². The molecule has 0 spiro atoms. The van der Waals surface area contributed by atoms with Crippen LogP contribution in [0.4, 0.5) is 19.0 Å². The standard InChI is InChI=1S/C20H11Cl2F3N4O4/c21-9-6-7-11(12(22)8-9)15(30)28-19(20(23,24)25)13-14(26-17(19)32)29(18(33)27-16(13)31)10-4-2-1-3-5-10/h1-8H,(H,26,32)(H,28,30)(H,27,31,33). The highest BCUT2D eigenvalue weighted by molar-refractivity contribution is 6.36. The number of fused-ring (bicyclic) bond motifs is 1. The molecular formula is C20H11Cl2F3N4O4. The minimum Gasteiger partial charge on any atom is -0.326 e. The van der Waals surface area contributed by atoms with E-state index in [1.807, 2.05) is 5.32 Å². The van der Waals surface area contributed by atoms with E-state index in [1.165, 1.54) is 30.3 Å². The SMILES string of the molecule is O=C(NC1(C(F)(F)F)C(=O)Nc2c1c(=O)[nH]c(=O)n2-c1ccccc1)c1ccc(Cl)cc1Cl. The van der Waals surface area contributed by atoms with Crippen molar-refractivity contribution in [2.75, 3.05) is 5.32 Å². The Morgan fingerprint density at radius 2 is 1.70 bits per heavy atom. The molecule has 0 aliphatic carbocycles. The summed E-state index contributed by atoms with van der Waals surface area (Å²) in [6, 6.07) is 10.8. The van der Waals surface area contributed by atoms with Crippen molar-refractivity contribution in [2.45, 2.75) is 11.7 Å². The van der Waals surface area contributed by atoms with E-state index in [1.54, 1.807) is 16.4 Å². The van der Waals surface area contributed by atoms with Crippen LogP contribution in [0.2, 0.25) is 10.0 Å². The minimum absolute atomic E-state index is 0.0698. The van der Waals surface area contributed by atoms with Crippen LogP contribution in [0.25, 0.3) is 5.69 Å². The van der Waals surface area contributed by atoms with Crippen molar-refractivity contribution >= 4 is 40.8 Å². The lowest BCUT2D eigenvalue weighted by molar-refractivity contribution is -0.196. The van der Waals surface area contributed by atoms with E-state index >= 15 is 0 Å². The lowest BCUT2D eigenvalue weighted by Crippen LogP contribution is -2.62. The lowest BCUT2D eigenvalue weighted by atomic mass is 9.91. The number of para-hydroxylation sites is 1. The number of benzene rings is 2. The summed E-state index contributed by atoms with van der Waals surface area (Å²) >= 11 is 11.7. The smallest absolute Gasteiger partial charge is 0.326 e. The molecule has 1 unspecified atom stereocenters. The predicted molar refractivity (Wildman–Crippen MR) is 113 cm³/mol. The van der Waals surface area contributed by atoms with Gasteiger partial charge in [-0.3, -0.25) is 19.4 Å². The molecule has 0 fully saturated rings. The topological polar surface area (TPSA) is 113 Å². The van der Waals surface area contributed by atoms with Gasteiger partial charge < -0.3 is 10.6 Å². The van der Waals surface area contributed by atoms with Crippen molar-refractivity contribution in [2.24, 2.45) is 0 Å². The number of rotatable bonds is 3. The van der Waals surface area contributed by atoms with Gasteiger partial charge in [-0.1, -0.05) is 41.4 Å². The van der Waals surface area contributed by atoms with Crippen molar-refractivity contribution in [3.8, 4) is 5.69 Å². The number of hydrogen-bond donors (Lipinski definition) is 3. The maximum absolute atomic E-state index is 14.4. The first kappa shape index (κ1) is 22.6. The van der Waals surface area contributed by atoms with E-state index in [0.717, 1.165) is 12.1 Å². The Balaban J connectivity index is 1.97. The van der Waals surface area contributed by atoms with E-state index in [2.05, 4.69) is 0 Å². The van der Waals surface area contributed by atoms with Gasteiger partial charge in [-0.2, -0.15) is 13.2 Å². The number of hydrogen-bond acceptors (Lipinski definition) is 4. The van der Waals surface area contributed by atoms with Gasteiger partial charge in [0.1, 0.15) is 11.4 Å². The van der Waals surface area contributed by atoms with E-state index < -0.39 is 51.7 Å². The summed E-state index contributed by atoms with van der Waals surface area (Å²) in [4.78, 5) is 52.4. The van der Waals surface area contributed by atoms with Gasteiger partial charge in [0.15, 0.2) is 0 Å². The third-order valence-corrected chi connectivity index (χ3v) is 5.52. The second-order valence-corrected chi connectivity index (χ2v) is 7.78. The normalized spacial score (nSPS) is 17.4. The molecule has 0 bridgehead atoms. The van der Waals surface area contributed by atoms with Gasteiger partial charge in [-0.05, 0) is 30.3 Å². The molecule has 33 heavy (non-hydrogen) atoms. The summed E-state index contributed by atoms with van der Waals surface area (Å²) in [6.07, 6.45) is -5.48. The monoisotopic (exact) mass is 498 g/mol. The first-order chi connectivity index (χ1) is 15.5. The first-order valence-corrected chi connectivity index (χ1v) is 9.84. The number of nitrogens with one attached hydrogen (secondary N) is 3. The van der Waals surface area contributed by atoms with Crippen molar-refractivity contribution in [3.05, 3.63) is 90.5 Å². The van der Waals surface area contributed by atoms with Crippen molar-refractivity contribution in [1.29, 1.82) is 0 Å². The Morgan fingerprint density at radius 1 is 1.03 bits per heavy atom. The second-order valence-electron chi connectivity index (χ2n) is 6.93. The third-order valence-electron chi connectivity index (χ3n) is 4.97. The number of aromatic amines is 1. The number of nitrogens with zero attached hydrogens (tertiary/aromatic N) is 1. The van der Waals surface area contributed by atoms with Crippen LogP contribution in [0.15, 0.2) is 58.1 Å². The average molecular weight is 499 g/mol. The molecule has 1 aromatic heterocycles. The van der Waals surface area contributed by atoms with Gasteiger partial charge >= 0.3 is 11.9 Å². The second kappa shape index (κ2) is 7.78. The molecule has 2 heterocycles. The zero-order valence-corrected chi connectivity index (χ0v) is 17.6. The number of H-pyrrole nitrogens is 1. The van der Waals surface area contributed by atoms with Gasteiger partial charge in [0, 0.05) is 5.02 Å². The van der Waals surface area contributed by atoms with Crippen LogP contribution in [0.5, 0.6) is 0 Å². The quantitative estimate of drug-likeness (QED) is 0.515.